The molecule has 14 heavy (non-hydrogen) atoms. The van der Waals surface area contributed by atoms with Crippen LogP contribution in [0.2, 0.25) is 0 Å². The van der Waals surface area contributed by atoms with Gasteiger partial charge in [0, 0.05) is 30.8 Å². The average molecular weight is 194 g/mol. The van der Waals surface area contributed by atoms with Gasteiger partial charge in [0.25, 0.3) is 0 Å². The van der Waals surface area contributed by atoms with Gasteiger partial charge in [0.15, 0.2) is 0 Å². The Morgan fingerprint density at radius 1 is 1.57 bits per heavy atom. The lowest BCUT2D eigenvalue weighted by Gasteiger charge is -2.14. The number of rotatable bonds is 4. The summed E-state index contributed by atoms with van der Waals surface area (Å²) in [6.45, 7) is 6.91. The van der Waals surface area contributed by atoms with Crippen molar-refractivity contribution < 1.29 is 0 Å². The number of nitrogens with one attached hydrogen (secondary N) is 1. The van der Waals surface area contributed by atoms with E-state index in [1.54, 1.807) is 6.20 Å². The predicted octanol–water partition coefficient (Wildman–Crippen LogP) is 1.58. The highest BCUT2D eigenvalue weighted by Crippen LogP contribution is 2.13. The van der Waals surface area contributed by atoms with E-state index in [2.05, 4.69) is 23.4 Å². The summed E-state index contributed by atoms with van der Waals surface area (Å²) in [6.07, 6.45) is 3.73. The van der Waals surface area contributed by atoms with Gasteiger partial charge in [-0.25, -0.2) is 4.98 Å². The average Bonchev–Trinajstić information content (AvgIpc) is 2.52. The summed E-state index contributed by atoms with van der Waals surface area (Å²) in [6, 6.07) is 0. The molecule has 1 aromatic heterocycles. The summed E-state index contributed by atoms with van der Waals surface area (Å²) in [5.41, 5.74) is 5.43. The Balaban J connectivity index is 2.76. The fraction of sp³-hybridized carbons (Fsp3) is 0.600. The maximum atomic E-state index is 7.32. The highest BCUT2D eigenvalue weighted by molar-refractivity contribution is 5.79. The van der Waals surface area contributed by atoms with Crippen molar-refractivity contribution in [2.45, 2.75) is 33.2 Å². The van der Waals surface area contributed by atoms with E-state index in [0.29, 0.717) is 5.92 Å². The Bertz CT molecular complexity index is 314. The van der Waals surface area contributed by atoms with E-state index in [4.69, 9.17) is 11.1 Å². The molecule has 1 rings (SSSR count). The Labute approximate surface area is 84.7 Å². The molecule has 78 valence electrons. The van der Waals surface area contributed by atoms with Gasteiger partial charge in [0.05, 0.1) is 5.84 Å². The van der Waals surface area contributed by atoms with Gasteiger partial charge in [0.2, 0.25) is 0 Å². The minimum absolute atomic E-state index is 0.0710. The Morgan fingerprint density at radius 3 is 2.71 bits per heavy atom. The molecular weight excluding hydrogens is 176 g/mol. The predicted molar refractivity (Wildman–Crippen MR) is 57.4 cm³/mol. The first-order chi connectivity index (χ1) is 6.52. The van der Waals surface area contributed by atoms with Crippen LogP contribution in [0.5, 0.6) is 0 Å². The second kappa shape index (κ2) is 4.26. The van der Waals surface area contributed by atoms with Crippen LogP contribution in [-0.4, -0.2) is 15.4 Å². The van der Waals surface area contributed by atoms with E-state index in [1.165, 1.54) is 0 Å². The molecule has 1 unspecified atom stereocenters. The number of nitrogens with zero attached hydrogens (tertiary/aromatic N) is 2. The van der Waals surface area contributed by atoms with Gasteiger partial charge in [-0.15, -0.1) is 0 Å². The Morgan fingerprint density at radius 2 is 2.21 bits per heavy atom. The normalized spacial score (nSPS) is 13.1. The molecule has 0 aliphatic heterocycles. The zero-order chi connectivity index (χ0) is 10.7. The fourth-order valence-corrected chi connectivity index (χ4v) is 1.37. The van der Waals surface area contributed by atoms with E-state index < -0.39 is 0 Å². The standard InChI is InChI=1S/C10H18N4/c1-7(2)10-13-4-5-14(10)6-8(3)9(11)12/h4-5,7-8H,6H2,1-3H3,(H3,11,12). The van der Waals surface area contributed by atoms with Crippen molar-refractivity contribution in [3.63, 3.8) is 0 Å². The summed E-state index contributed by atoms with van der Waals surface area (Å²) >= 11 is 0. The van der Waals surface area contributed by atoms with Gasteiger partial charge < -0.3 is 10.3 Å². The maximum Gasteiger partial charge on any atom is 0.111 e. The molecule has 0 amide bonds. The lowest BCUT2D eigenvalue weighted by Crippen LogP contribution is -2.24. The number of imidazole rings is 1. The van der Waals surface area contributed by atoms with E-state index in [0.717, 1.165) is 12.4 Å². The van der Waals surface area contributed by atoms with Crippen LogP contribution < -0.4 is 5.73 Å². The molecule has 1 aromatic rings. The van der Waals surface area contributed by atoms with Gasteiger partial charge in [-0.05, 0) is 0 Å². The first-order valence-electron chi connectivity index (χ1n) is 4.87. The minimum Gasteiger partial charge on any atom is -0.387 e. The largest absolute Gasteiger partial charge is 0.387 e. The number of hydrogen-bond acceptors (Lipinski definition) is 2. The molecule has 4 heteroatoms. The third-order valence-corrected chi connectivity index (χ3v) is 2.27. The van der Waals surface area contributed by atoms with E-state index in [-0.39, 0.29) is 11.8 Å². The second-order valence-electron chi connectivity index (χ2n) is 3.95. The molecule has 0 fully saturated rings. The smallest absolute Gasteiger partial charge is 0.111 e. The molecule has 0 spiro atoms. The van der Waals surface area contributed by atoms with Crippen molar-refractivity contribution in [3.8, 4) is 0 Å². The number of nitrogens with two attached hydrogens (primary N) is 1. The molecular formula is C10H18N4. The number of aromatic nitrogens is 2. The van der Waals surface area contributed by atoms with Crippen LogP contribution in [0.15, 0.2) is 12.4 Å². The molecule has 0 aliphatic rings. The van der Waals surface area contributed by atoms with E-state index in [9.17, 15) is 0 Å². The van der Waals surface area contributed by atoms with Gasteiger partial charge in [-0.1, -0.05) is 20.8 Å². The van der Waals surface area contributed by atoms with Crippen LogP contribution >= 0.6 is 0 Å². The van der Waals surface area contributed by atoms with Crippen molar-refractivity contribution in [1.29, 1.82) is 5.41 Å². The van der Waals surface area contributed by atoms with Gasteiger partial charge in [-0.3, -0.25) is 5.41 Å². The molecule has 0 aromatic carbocycles. The summed E-state index contributed by atoms with van der Waals surface area (Å²) < 4.78 is 2.07. The first kappa shape index (κ1) is 10.8. The topological polar surface area (TPSA) is 67.7 Å². The van der Waals surface area contributed by atoms with Crippen LogP contribution in [0.3, 0.4) is 0 Å². The first-order valence-corrected chi connectivity index (χ1v) is 4.87. The zero-order valence-corrected chi connectivity index (χ0v) is 8.99. The lowest BCUT2D eigenvalue weighted by atomic mass is 10.1. The van der Waals surface area contributed by atoms with Crippen LogP contribution in [-0.2, 0) is 6.54 Å². The van der Waals surface area contributed by atoms with Gasteiger partial charge in [0.1, 0.15) is 5.82 Å². The van der Waals surface area contributed by atoms with E-state index in [1.807, 2.05) is 13.1 Å². The van der Waals surface area contributed by atoms with Crippen molar-refractivity contribution in [3.05, 3.63) is 18.2 Å². The summed E-state index contributed by atoms with van der Waals surface area (Å²) in [5, 5.41) is 7.32. The Kier molecular flexibility index (Phi) is 3.28. The van der Waals surface area contributed by atoms with Crippen molar-refractivity contribution in [2.75, 3.05) is 0 Å². The van der Waals surface area contributed by atoms with Gasteiger partial charge >= 0.3 is 0 Å². The Hall–Kier alpha value is -1.32. The SMILES string of the molecule is CC(Cn1ccnc1C(C)C)C(=N)N. The molecule has 4 nitrogen and oxygen atoms in total. The van der Waals surface area contributed by atoms with Crippen LogP contribution in [0.25, 0.3) is 0 Å². The highest BCUT2D eigenvalue weighted by Gasteiger charge is 2.11. The summed E-state index contributed by atoms with van der Waals surface area (Å²) in [7, 11) is 0. The van der Waals surface area contributed by atoms with Crippen LogP contribution in [0.1, 0.15) is 32.5 Å². The minimum atomic E-state index is 0.0710. The molecule has 0 radical (unpaired) electrons. The molecule has 0 saturated carbocycles. The van der Waals surface area contributed by atoms with E-state index >= 15 is 0 Å². The third kappa shape index (κ3) is 2.34. The zero-order valence-electron chi connectivity index (χ0n) is 8.99. The summed E-state index contributed by atoms with van der Waals surface area (Å²) in [5.74, 6) is 1.76. The van der Waals surface area contributed by atoms with Crippen LogP contribution in [0.4, 0.5) is 0 Å². The monoisotopic (exact) mass is 194 g/mol. The molecule has 1 heterocycles. The molecule has 1 atom stereocenters. The van der Waals surface area contributed by atoms with Crippen LogP contribution in [0, 0.1) is 11.3 Å². The van der Waals surface area contributed by atoms with Crippen molar-refractivity contribution in [2.24, 2.45) is 11.7 Å². The van der Waals surface area contributed by atoms with Crippen molar-refractivity contribution in [1.82, 2.24) is 9.55 Å². The third-order valence-electron chi connectivity index (χ3n) is 2.27. The molecule has 0 aliphatic carbocycles. The molecule has 0 saturated heterocycles. The quantitative estimate of drug-likeness (QED) is 0.564. The fourth-order valence-electron chi connectivity index (χ4n) is 1.37. The molecule has 3 N–H and O–H groups in total. The lowest BCUT2D eigenvalue weighted by molar-refractivity contribution is 0.551. The maximum absolute atomic E-state index is 7.32. The highest BCUT2D eigenvalue weighted by atomic mass is 15.1. The number of amidine groups is 1. The number of hydrogen-bond donors (Lipinski definition) is 2. The molecule has 0 bridgehead atoms. The van der Waals surface area contributed by atoms with Crippen molar-refractivity contribution >= 4 is 5.84 Å². The second-order valence-corrected chi connectivity index (χ2v) is 3.95. The summed E-state index contributed by atoms with van der Waals surface area (Å²) in [4.78, 5) is 4.28. The van der Waals surface area contributed by atoms with Gasteiger partial charge in [-0.2, -0.15) is 0 Å².